The number of aliphatic hydroxyl groups is 1. The molecule has 1 aromatic heterocycles. The lowest BCUT2D eigenvalue weighted by Gasteiger charge is -2.30. The van der Waals surface area contributed by atoms with Crippen LogP contribution in [-0.2, 0) is 22.5 Å². The third-order valence-corrected chi connectivity index (χ3v) is 8.16. The maximum atomic E-state index is 14.0. The molecule has 1 atom stereocenters. The number of benzene rings is 3. The molecule has 1 aliphatic carbocycles. The van der Waals surface area contributed by atoms with Crippen LogP contribution in [0.5, 0.6) is 11.5 Å². The minimum absolute atomic E-state index is 0.0111. The zero-order valence-corrected chi connectivity index (χ0v) is 27.0. The first kappa shape index (κ1) is 33.4. The number of hydrogen-bond donors (Lipinski definition) is 3. The number of aromatic nitrogens is 1. The number of pyridine rings is 1. The van der Waals surface area contributed by atoms with Crippen LogP contribution in [0.2, 0.25) is 0 Å². The molecule has 3 aromatic carbocycles. The number of alkyl carbamates (subject to hydrolysis) is 1. The van der Waals surface area contributed by atoms with E-state index in [1.807, 2.05) is 30.3 Å². The Kier molecular flexibility index (Phi) is 9.81. The van der Waals surface area contributed by atoms with Crippen LogP contribution in [0.15, 0.2) is 78.9 Å². The van der Waals surface area contributed by atoms with Crippen LogP contribution in [0, 0.1) is 5.82 Å². The van der Waals surface area contributed by atoms with E-state index in [2.05, 4.69) is 5.32 Å². The molecule has 5 rings (SSSR count). The number of Topliss-reactive ketones (excluding diaryl/α,β-unsaturated/α-hetero) is 1. The molecule has 1 aliphatic rings. The lowest BCUT2D eigenvalue weighted by molar-refractivity contribution is 0.0396. The van der Waals surface area contributed by atoms with Crippen molar-refractivity contribution in [1.82, 2.24) is 10.3 Å². The number of nitrogens with two attached hydrogens (primary N) is 1. The summed E-state index contributed by atoms with van der Waals surface area (Å²) in [5.74, 6) is 0.313. The molecule has 9 nitrogen and oxygen atoms in total. The van der Waals surface area contributed by atoms with Gasteiger partial charge in [-0.3, -0.25) is 4.79 Å². The summed E-state index contributed by atoms with van der Waals surface area (Å²) in [7, 11) is 1.53. The summed E-state index contributed by atoms with van der Waals surface area (Å²) >= 11 is 0. The first-order chi connectivity index (χ1) is 22.3. The molecule has 1 amide bonds. The summed E-state index contributed by atoms with van der Waals surface area (Å²) in [6, 6.07) is 22.1. The van der Waals surface area contributed by atoms with Gasteiger partial charge in [-0.25, -0.2) is 14.2 Å². The number of nitrogens with zero attached hydrogens (tertiary/aromatic N) is 1. The molecule has 0 radical (unpaired) electrons. The number of rotatable bonds is 13. The van der Waals surface area contributed by atoms with E-state index >= 15 is 0 Å². The van der Waals surface area contributed by atoms with Crippen LogP contribution in [0.25, 0.3) is 11.3 Å². The molecule has 0 saturated heterocycles. The summed E-state index contributed by atoms with van der Waals surface area (Å²) in [4.78, 5) is 30.8. The lowest BCUT2D eigenvalue weighted by Crippen LogP contribution is -2.41. The Morgan fingerprint density at radius 2 is 1.74 bits per heavy atom. The number of amides is 1. The van der Waals surface area contributed by atoms with Gasteiger partial charge in [0.2, 0.25) is 0 Å². The monoisotopic (exact) mass is 641 g/mol. The minimum Gasteiger partial charge on any atom is -0.493 e. The number of ketones is 1. The average molecular weight is 642 g/mol. The van der Waals surface area contributed by atoms with Gasteiger partial charge in [-0.05, 0) is 99.7 Å². The van der Waals surface area contributed by atoms with Crippen LogP contribution in [0.3, 0.4) is 0 Å². The normalized spacial score (nSPS) is 14.2. The van der Waals surface area contributed by atoms with Crippen molar-refractivity contribution in [2.75, 3.05) is 12.8 Å². The Hall–Kier alpha value is -4.96. The summed E-state index contributed by atoms with van der Waals surface area (Å²) in [6.07, 6.45) is 1.60. The molecule has 47 heavy (non-hydrogen) atoms. The van der Waals surface area contributed by atoms with Gasteiger partial charge >= 0.3 is 6.09 Å². The molecule has 10 heteroatoms. The highest BCUT2D eigenvalue weighted by Gasteiger charge is 2.32. The van der Waals surface area contributed by atoms with Gasteiger partial charge in [-0.15, -0.1) is 0 Å². The van der Waals surface area contributed by atoms with E-state index in [-0.39, 0.29) is 42.7 Å². The Morgan fingerprint density at radius 1 is 1.00 bits per heavy atom. The molecular weight excluding hydrogens is 601 g/mol. The van der Waals surface area contributed by atoms with Crippen molar-refractivity contribution in [1.29, 1.82) is 0 Å². The van der Waals surface area contributed by atoms with Crippen molar-refractivity contribution >= 4 is 17.6 Å². The summed E-state index contributed by atoms with van der Waals surface area (Å²) in [6.45, 7) is 5.26. The van der Waals surface area contributed by atoms with Gasteiger partial charge in [0, 0.05) is 17.5 Å². The predicted molar refractivity (Wildman–Crippen MR) is 177 cm³/mol. The van der Waals surface area contributed by atoms with E-state index in [0.717, 1.165) is 18.4 Å². The van der Waals surface area contributed by atoms with Gasteiger partial charge in [0.05, 0.1) is 35.8 Å². The fraction of sp³-hybridized carbons (Fsp3) is 0.324. The molecule has 1 saturated carbocycles. The van der Waals surface area contributed by atoms with E-state index < -0.39 is 23.1 Å². The van der Waals surface area contributed by atoms with Gasteiger partial charge in [0.15, 0.2) is 17.3 Å². The smallest absolute Gasteiger partial charge is 0.408 e. The predicted octanol–water partition coefficient (Wildman–Crippen LogP) is 7.05. The quantitative estimate of drug-likeness (QED) is 0.105. The molecule has 4 aromatic rings. The second-order valence-corrected chi connectivity index (χ2v) is 12.6. The second-order valence-electron chi connectivity index (χ2n) is 12.6. The van der Waals surface area contributed by atoms with Gasteiger partial charge in [-0.1, -0.05) is 30.3 Å². The minimum atomic E-state index is -1.56. The van der Waals surface area contributed by atoms with Crippen molar-refractivity contribution in [3.8, 4) is 22.8 Å². The maximum Gasteiger partial charge on any atom is 0.408 e. The van der Waals surface area contributed by atoms with Gasteiger partial charge < -0.3 is 30.4 Å². The first-order valence-electron chi connectivity index (χ1n) is 15.5. The van der Waals surface area contributed by atoms with Crippen molar-refractivity contribution in [2.45, 2.75) is 70.3 Å². The molecule has 4 N–H and O–H groups in total. The average Bonchev–Trinajstić information content (AvgIpc) is 3.88. The largest absolute Gasteiger partial charge is 0.493 e. The Bertz CT molecular complexity index is 1750. The van der Waals surface area contributed by atoms with Crippen molar-refractivity contribution < 1.29 is 33.3 Å². The number of carbonyl (C=O) groups is 2. The van der Waals surface area contributed by atoms with Crippen molar-refractivity contribution in [2.24, 2.45) is 0 Å². The highest BCUT2D eigenvalue weighted by Crippen LogP contribution is 2.36. The van der Waals surface area contributed by atoms with Crippen LogP contribution in [0.1, 0.15) is 73.6 Å². The van der Waals surface area contributed by atoms with Gasteiger partial charge in [-0.2, -0.15) is 0 Å². The molecule has 1 heterocycles. The fourth-order valence-corrected chi connectivity index (χ4v) is 5.04. The van der Waals surface area contributed by atoms with Crippen molar-refractivity contribution in [3.05, 3.63) is 107 Å². The highest BCUT2D eigenvalue weighted by atomic mass is 19.1. The van der Waals surface area contributed by atoms with E-state index in [1.165, 1.54) is 19.2 Å². The standard InChI is InChI=1S/C37H40FN3O6/c1-36(2,41-35(43)46-22-23-8-6-5-7-9-23)26-20-30(24-10-14-28(38)29(39)18-24)40-34(21-26)37(3,44)17-16-31(42)25-11-15-32(33(19-25)45-4)47-27-12-13-27/h5-11,14-15,18-21,27,44H,12-13,16-17,22,39H2,1-4H3,(H,41,43). The summed E-state index contributed by atoms with van der Waals surface area (Å²) in [5, 5.41) is 14.6. The summed E-state index contributed by atoms with van der Waals surface area (Å²) < 4.78 is 30.8. The van der Waals surface area contributed by atoms with Crippen LogP contribution >= 0.6 is 0 Å². The highest BCUT2D eigenvalue weighted by molar-refractivity contribution is 5.96. The number of methoxy groups -OCH3 is 1. The SMILES string of the molecule is COc1cc(C(=O)CCC(C)(O)c2cc(C(C)(C)NC(=O)OCc3ccccc3)cc(-c3ccc(F)c(N)c3)n2)ccc1OC1CC1. The van der Waals surface area contributed by atoms with E-state index in [1.54, 1.807) is 57.2 Å². The third kappa shape index (κ3) is 8.45. The maximum absolute atomic E-state index is 14.0. The number of carbonyl (C=O) groups excluding carboxylic acids is 2. The number of nitrogens with one attached hydrogen (secondary N) is 1. The topological polar surface area (TPSA) is 133 Å². The van der Waals surface area contributed by atoms with Crippen LogP contribution in [0.4, 0.5) is 14.9 Å². The van der Waals surface area contributed by atoms with E-state index in [9.17, 15) is 19.1 Å². The Morgan fingerprint density at radius 3 is 2.43 bits per heavy atom. The van der Waals surface area contributed by atoms with Gasteiger partial charge in [0.1, 0.15) is 18.0 Å². The zero-order chi connectivity index (χ0) is 33.8. The van der Waals surface area contributed by atoms with Crippen molar-refractivity contribution in [3.63, 3.8) is 0 Å². The Labute approximate surface area is 273 Å². The lowest BCUT2D eigenvalue weighted by atomic mass is 9.87. The zero-order valence-electron chi connectivity index (χ0n) is 27.0. The molecule has 0 bridgehead atoms. The fourth-order valence-electron chi connectivity index (χ4n) is 5.04. The number of anilines is 1. The molecule has 1 fully saturated rings. The van der Waals surface area contributed by atoms with Crippen LogP contribution < -0.4 is 20.5 Å². The third-order valence-electron chi connectivity index (χ3n) is 8.16. The van der Waals surface area contributed by atoms with Gasteiger partial charge in [0.25, 0.3) is 0 Å². The molecule has 1 unspecified atom stereocenters. The molecule has 0 spiro atoms. The number of halogens is 1. The number of hydrogen-bond acceptors (Lipinski definition) is 8. The number of ether oxygens (including phenoxy) is 3. The van der Waals surface area contributed by atoms with E-state index in [0.29, 0.717) is 33.9 Å². The first-order valence-corrected chi connectivity index (χ1v) is 15.5. The summed E-state index contributed by atoms with van der Waals surface area (Å²) in [5.41, 5.74) is 6.32. The second kappa shape index (κ2) is 13.8. The molecular formula is C37H40FN3O6. The molecule has 246 valence electrons. The Balaban J connectivity index is 1.38. The number of nitrogen functional groups attached to an aromatic ring is 1. The molecule has 0 aliphatic heterocycles. The van der Waals surface area contributed by atoms with Crippen LogP contribution in [-0.4, -0.2) is 35.2 Å². The van der Waals surface area contributed by atoms with E-state index in [4.69, 9.17) is 24.9 Å².